The fourth-order valence-corrected chi connectivity index (χ4v) is 6.01. The Labute approximate surface area is 180 Å². The van der Waals surface area contributed by atoms with Gasteiger partial charge in [0.2, 0.25) is 15.3 Å². The van der Waals surface area contributed by atoms with E-state index in [1.165, 1.54) is 15.4 Å². The number of rotatable bonds is 5. The highest BCUT2D eigenvalue weighted by Gasteiger charge is 2.27. The molecule has 0 aromatic carbocycles. The Morgan fingerprint density at radius 3 is 2.59 bits per heavy atom. The third-order valence-electron chi connectivity index (χ3n) is 5.66. The number of ether oxygens (including phenoxy) is 1. The molecule has 2 saturated heterocycles. The van der Waals surface area contributed by atoms with Gasteiger partial charge in [0.15, 0.2) is 5.82 Å². The zero-order valence-corrected chi connectivity index (χ0v) is 19.1. The summed E-state index contributed by atoms with van der Waals surface area (Å²) < 4.78 is 31.6. The number of sulfonamides is 1. The zero-order valence-electron chi connectivity index (χ0n) is 16.7. The summed E-state index contributed by atoms with van der Waals surface area (Å²) in [7, 11) is -1.46. The Balaban J connectivity index is 1.47. The Kier molecular flexibility index (Phi) is 6.29. The molecule has 0 radical (unpaired) electrons. The highest BCUT2D eigenvalue weighted by Crippen LogP contribution is 2.34. The molecule has 2 fully saturated rings. The van der Waals surface area contributed by atoms with Crippen LogP contribution in [-0.4, -0.2) is 86.3 Å². The molecule has 4 heterocycles. The summed E-state index contributed by atoms with van der Waals surface area (Å²) in [6.07, 6.45) is 2.97. The van der Waals surface area contributed by atoms with E-state index in [0.29, 0.717) is 13.2 Å². The van der Waals surface area contributed by atoms with Crippen LogP contribution in [0.2, 0.25) is 5.28 Å². The Hall–Kier alpha value is -1.04. The van der Waals surface area contributed by atoms with Crippen LogP contribution in [-0.2, 0) is 21.3 Å². The molecule has 11 heteroatoms. The van der Waals surface area contributed by atoms with E-state index in [1.54, 1.807) is 18.4 Å². The number of hydrogen-bond acceptors (Lipinski definition) is 8. The molecule has 0 bridgehead atoms. The summed E-state index contributed by atoms with van der Waals surface area (Å²) in [5.41, 5.74) is 0.887. The largest absolute Gasteiger partial charge is 0.378 e. The molecule has 2 aromatic heterocycles. The van der Waals surface area contributed by atoms with Gasteiger partial charge < -0.3 is 9.64 Å². The second kappa shape index (κ2) is 8.60. The van der Waals surface area contributed by atoms with Gasteiger partial charge in [-0.2, -0.15) is 4.98 Å². The molecular weight excluding hydrogens is 434 g/mol. The predicted molar refractivity (Wildman–Crippen MR) is 116 cm³/mol. The van der Waals surface area contributed by atoms with Crippen molar-refractivity contribution in [3.05, 3.63) is 16.2 Å². The van der Waals surface area contributed by atoms with Crippen LogP contribution in [0.5, 0.6) is 0 Å². The van der Waals surface area contributed by atoms with Crippen molar-refractivity contribution in [3.63, 3.8) is 0 Å². The molecule has 160 valence electrons. The third kappa shape index (κ3) is 4.83. The summed E-state index contributed by atoms with van der Waals surface area (Å²) in [6, 6.07) is 2.19. The Morgan fingerprint density at radius 1 is 1.24 bits per heavy atom. The van der Waals surface area contributed by atoms with Crippen LogP contribution in [0.4, 0.5) is 5.82 Å². The molecule has 2 aliphatic rings. The first-order valence-electron chi connectivity index (χ1n) is 9.75. The van der Waals surface area contributed by atoms with Gasteiger partial charge in [0.05, 0.1) is 29.7 Å². The molecule has 29 heavy (non-hydrogen) atoms. The van der Waals surface area contributed by atoms with E-state index in [4.69, 9.17) is 16.3 Å². The monoisotopic (exact) mass is 459 g/mol. The predicted octanol–water partition coefficient (Wildman–Crippen LogP) is 2.04. The lowest BCUT2D eigenvalue weighted by molar-refractivity contribution is 0.122. The van der Waals surface area contributed by atoms with Crippen LogP contribution >= 0.6 is 22.9 Å². The molecule has 0 amide bonds. The van der Waals surface area contributed by atoms with Crippen molar-refractivity contribution in [2.45, 2.75) is 25.4 Å². The van der Waals surface area contributed by atoms with E-state index in [1.807, 2.05) is 0 Å². The van der Waals surface area contributed by atoms with E-state index >= 15 is 0 Å². The minimum atomic E-state index is -3.14. The lowest BCUT2D eigenvalue weighted by Gasteiger charge is -2.35. The van der Waals surface area contributed by atoms with Crippen LogP contribution < -0.4 is 4.90 Å². The van der Waals surface area contributed by atoms with Gasteiger partial charge in [0.25, 0.3) is 0 Å². The Morgan fingerprint density at radius 2 is 1.93 bits per heavy atom. The summed E-state index contributed by atoms with van der Waals surface area (Å²) in [4.78, 5) is 14.7. The zero-order chi connectivity index (χ0) is 20.6. The van der Waals surface area contributed by atoms with Gasteiger partial charge in [-0.15, -0.1) is 11.3 Å². The van der Waals surface area contributed by atoms with Gasteiger partial charge in [0, 0.05) is 50.7 Å². The summed E-state index contributed by atoms with van der Waals surface area (Å²) in [6.45, 7) is 5.57. The van der Waals surface area contributed by atoms with Crippen molar-refractivity contribution in [1.82, 2.24) is 19.2 Å². The number of halogens is 1. The maximum Gasteiger partial charge on any atom is 0.224 e. The number of morpholine rings is 1. The van der Waals surface area contributed by atoms with Crippen LogP contribution in [0.25, 0.3) is 10.2 Å². The Bertz CT molecular complexity index is 969. The molecule has 0 saturated carbocycles. The molecule has 4 rings (SSSR count). The number of hydrogen-bond donors (Lipinski definition) is 0. The number of likely N-dealkylation sites (tertiary alicyclic amines) is 1. The first-order valence-corrected chi connectivity index (χ1v) is 12.8. The van der Waals surface area contributed by atoms with Gasteiger partial charge in [-0.05, 0) is 30.5 Å². The minimum Gasteiger partial charge on any atom is -0.378 e. The number of thiophene rings is 1. The maximum atomic E-state index is 11.8. The first-order chi connectivity index (χ1) is 13.8. The molecule has 2 aliphatic heterocycles. The number of nitrogens with zero attached hydrogens (tertiary/aromatic N) is 5. The SMILES string of the molecule is CN(C1CCN(Cc2cc3nc(Cl)nc(N4CCOCC4)c3s2)CC1)S(C)(=O)=O. The standard InChI is InChI=1S/C18H26ClN5O3S2/c1-22(29(2,25)26)13-3-5-23(6-4-13)12-14-11-15-16(28-14)17(21-18(19)20-15)24-7-9-27-10-8-24/h11,13H,3-10,12H2,1-2H3. The summed E-state index contributed by atoms with van der Waals surface area (Å²) >= 11 is 7.90. The minimum absolute atomic E-state index is 0.0845. The number of aromatic nitrogens is 2. The normalized spacial score (nSPS) is 20.1. The quantitative estimate of drug-likeness (QED) is 0.633. The topological polar surface area (TPSA) is 78.9 Å². The van der Waals surface area contributed by atoms with Crippen LogP contribution in [0, 0.1) is 0 Å². The van der Waals surface area contributed by atoms with Crippen LogP contribution in [0.3, 0.4) is 0 Å². The fourth-order valence-electron chi connectivity index (χ4n) is 3.94. The lowest BCUT2D eigenvalue weighted by atomic mass is 10.1. The average Bonchev–Trinajstić information content (AvgIpc) is 3.09. The van der Waals surface area contributed by atoms with E-state index < -0.39 is 10.0 Å². The van der Waals surface area contributed by atoms with Crippen LogP contribution in [0.1, 0.15) is 17.7 Å². The average molecular weight is 460 g/mol. The van der Waals surface area contributed by atoms with Gasteiger partial charge >= 0.3 is 0 Å². The van der Waals surface area contributed by atoms with Gasteiger partial charge in [-0.1, -0.05) is 0 Å². The van der Waals surface area contributed by atoms with Crippen molar-refractivity contribution in [1.29, 1.82) is 0 Å². The van der Waals surface area contributed by atoms with Crippen molar-refractivity contribution in [2.75, 3.05) is 57.6 Å². The number of anilines is 1. The number of fused-ring (bicyclic) bond motifs is 1. The fraction of sp³-hybridized carbons (Fsp3) is 0.667. The van der Waals surface area contributed by atoms with E-state index in [-0.39, 0.29) is 11.3 Å². The lowest BCUT2D eigenvalue weighted by Crippen LogP contribution is -2.44. The van der Waals surface area contributed by atoms with Crippen molar-refractivity contribution in [3.8, 4) is 0 Å². The second-order valence-electron chi connectivity index (χ2n) is 7.63. The van der Waals surface area contributed by atoms with E-state index in [0.717, 1.165) is 61.6 Å². The first kappa shape index (κ1) is 21.2. The molecule has 2 aromatic rings. The van der Waals surface area contributed by atoms with Gasteiger partial charge in [-0.3, -0.25) is 4.90 Å². The molecule has 0 spiro atoms. The van der Waals surface area contributed by atoms with Crippen LogP contribution in [0.15, 0.2) is 6.07 Å². The molecule has 0 aliphatic carbocycles. The van der Waals surface area contributed by atoms with Crippen molar-refractivity contribution < 1.29 is 13.2 Å². The highest BCUT2D eigenvalue weighted by molar-refractivity contribution is 7.88. The molecule has 8 nitrogen and oxygen atoms in total. The molecule has 0 N–H and O–H groups in total. The van der Waals surface area contributed by atoms with Gasteiger partial charge in [0.1, 0.15) is 0 Å². The third-order valence-corrected chi connectivity index (χ3v) is 8.28. The van der Waals surface area contributed by atoms with Crippen molar-refractivity contribution in [2.24, 2.45) is 0 Å². The number of piperidine rings is 1. The highest BCUT2D eigenvalue weighted by atomic mass is 35.5. The second-order valence-corrected chi connectivity index (χ2v) is 11.1. The summed E-state index contributed by atoms with van der Waals surface area (Å²) in [5, 5.41) is 0.271. The van der Waals surface area contributed by atoms with E-state index in [2.05, 4.69) is 25.8 Å². The van der Waals surface area contributed by atoms with Gasteiger partial charge in [-0.25, -0.2) is 17.7 Å². The van der Waals surface area contributed by atoms with Crippen molar-refractivity contribution >= 4 is 49.0 Å². The molecule has 0 atom stereocenters. The maximum absolute atomic E-state index is 11.8. The smallest absolute Gasteiger partial charge is 0.224 e. The van der Waals surface area contributed by atoms with E-state index in [9.17, 15) is 8.42 Å². The molecular formula is C18H26ClN5O3S2. The summed E-state index contributed by atoms with van der Waals surface area (Å²) in [5.74, 6) is 0.896. The molecule has 0 unspecified atom stereocenters.